The molecule has 1 rings (SSSR count). The molecular formula is C9H20N2O. The highest BCUT2D eigenvalue weighted by Crippen LogP contribution is 2.25. The lowest BCUT2D eigenvalue weighted by atomic mass is 9.85. The van der Waals surface area contributed by atoms with Crippen molar-refractivity contribution in [3.63, 3.8) is 0 Å². The van der Waals surface area contributed by atoms with Crippen molar-refractivity contribution in [2.75, 3.05) is 26.3 Å². The standard InChI is InChI=1S/C9H20N2O/c1-8(2,3)11-5-9(4-10)6-12-7-9/h11H,4-7,10H2,1-3H3. The van der Waals surface area contributed by atoms with E-state index in [-0.39, 0.29) is 11.0 Å². The zero-order chi connectivity index (χ0) is 9.24. The molecule has 1 saturated heterocycles. The molecular weight excluding hydrogens is 152 g/mol. The van der Waals surface area contributed by atoms with Gasteiger partial charge < -0.3 is 15.8 Å². The molecule has 0 aliphatic carbocycles. The van der Waals surface area contributed by atoms with Gasteiger partial charge in [-0.1, -0.05) is 0 Å². The van der Waals surface area contributed by atoms with Crippen LogP contribution in [0.5, 0.6) is 0 Å². The molecule has 1 fully saturated rings. The van der Waals surface area contributed by atoms with Crippen LogP contribution in [0.25, 0.3) is 0 Å². The first-order chi connectivity index (χ1) is 5.47. The Morgan fingerprint density at radius 3 is 2.25 bits per heavy atom. The van der Waals surface area contributed by atoms with Crippen molar-refractivity contribution in [3.8, 4) is 0 Å². The van der Waals surface area contributed by atoms with Gasteiger partial charge in [0, 0.05) is 24.0 Å². The summed E-state index contributed by atoms with van der Waals surface area (Å²) in [6, 6.07) is 0. The second kappa shape index (κ2) is 3.32. The highest BCUT2D eigenvalue weighted by Gasteiger charge is 2.37. The van der Waals surface area contributed by atoms with E-state index >= 15 is 0 Å². The molecule has 3 nitrogen and oxygen atoms in total. The molecule has 1 heterocycles. The van der Waals surface area contributed by atoms with Crippen LogP contribution in [-0.4, -0.2) is 31.8 Å². The van der Waals surface area contributed by atoms with Crippen molar-refractivity contribution in [1.82, 2.24) is 5.32 Å². The van der Waals surface area contributed by atoms with E-state index < -0.39 is 0 Å². The highest BCUT2D eigenvalue weighted by atomic mass is 16.5. The Hall–Kier alpha value is -0.120. The van der Waals surface area contributed by atoms with Gasteiger partial charge in [-0.3, -0.25) is 0 Å². The van der Waals surface area contributed by atoms with Crippen LogP contribution in [0.1, 0.15) is 20.8 Å². The van der Waals surface area contributed by atoms with Crippen molar-refractivity contribution < 1.29 is 4.74 Å². The quantitative estimate of drug-likeness (QED) is 0.646. The largest absolute Gasteiger partial charge is 0.380 e. The van der Waals surface area contributed by atoms with E-state index in [4.69, 9.17) is 10.5 Å². The van der Waals surface area contributed by atoms with Crippen molar-refractivity contribution in [2.45, 2.75) is 26.3 Å². The summed E-state index contributed by atoms with van der Waals surface area (Å²) in [5.74, 6) is 0. The third kappa shape index (κ3) is 2.44. The third-order valence-corrected chi connectivity index (χ3v) is 2.24. The summed E-state index contributed by atoms with van der Waals surface area (Å²) in [5.41, 5.74) is 6.07. The molecule has 3 heteroatoms. The minimum atomic E-state index is 0.178. The van der Waals surface area contributed by atoms with E-state index in [9.17, 15) is 0 Å². The van der Waals surface area contributed by atoms with Gasteiger partial charge in [0.05, 0.1) is 13.2 Å². The molecule has 0 spiro atoms. The molecule has 0 aromatic carbocycles. The van der Waals surface area contributed by atoms with Crippen LogP contribution in [-0.2, 0) is 4.74 Å². The SMILES string of the molecule is CC(C)(C)NCC1(CN)COC1. The molecule has 0 bridgehead atoms. The van der Waals surface area contributed by atoms with Crippen molar-refractivity contribution in [2.24, 2.45) is 11.1 Å². The Morgan fingerprint density at radius 2 is 2.00 bits per heavy atom. The van der Waals surface area contributed by atoms with Gasteiger partial charge in [0.15, 0.2) is 0 Å². The number of nitrogens with two attached hydrogens (primary N) is 1. The predicted molar refractivity (Wildman–Crippen MR) is 50.1 cm³/mol. The van der Waals surface area contributed by atoms with Gasteiger partial charge in [-0.05, 0) is 20.8 Å². The number of hydrogen-bond acceptors (Lipinski definition) is 3. The molecule has 0 aromatic heterocycles. The number of nitrogens with one attached hydrogen (secondary N) is 1. The van der Waals surface area contributed by atoms with E-state index in [1.165, 1.54) is 0 Å². The fourth-order valence-corrected chi connectivity index (χ4v) is 1.14. The summed E-state index contributed by atoms with van der Waals surface area (Å²) in [5, 5.41) is 3.46. The van der Waals surface area contributed by atoms with Crippen LogP contribution in [0, 0.1) is 5.41 Å². The first-order valence-electron chi connectivity index (χ1n) is 4.50. The van der Waals surface area contributed by atoms with Crippen molar-refractivity contribution in [1.29, 1.82) is 0 Å². The minimum Gasteiger partial charge on any atom is -0.380 e. The average Bonchev–Trinajstić information content (AvgIpc) is 1.84. The Morgan fingerprint density at radius 1 is 1.42 bits per heavy atom. The second-order valence-electron chi connectivity index (χ2n) is 4.80. The molecule has 0 radical (unpaired) electrons. The van der Waals surface area contributed by atoms with Gasteiger partial charge >= 0.3 is 0 Å². The lowest BCUT2D eigenvalue weighted by Crippen LogP contribution is -2.57. The Bertz CT molecular complexity index is 142. The molecule has 3 N–H and O–H groups in total. The predicted octanol–water partition coefficient (Wildman–Crippen LogP) is 0.350. The molecule has 1 aliphatic heterocycles. The van der Waals surface area contributed by atoms with E-state index in [2.05, 4.69) is 26.1 Å². The van der Waals surface area contributed by atoms with E-state index in [1.54, 1.807) is 0 Å². The fraction of sp³-hybridized carbons (Fsp3) is 1.00. The fourth-order valence-electron chi connectivity index (χ4n) is 1.14. The summed E-state index contributed by atoms with van der Waals surface area (Å²) in [6.45, 7) is 9.80. The normalized spacial score (nSPS) is 22.0. The minimum absolute atomic E-state index is 0.178. The van der Waals surface area contributed by atoms with E-state index in [0.717, 1.165) is 26.3 Å². The lowest BCUT2D eigenvalue weighted by Gasteiger charge is -2.42. The van der Waals surface area contributed by atoms with Crippen LogP contribution in [0.3, 0.4) is 0 Å². The van der Waals surface area contributed by atoms with Crippen LogP contribution in [0.2, 0.25) is 0 Å². The summed E-state index contributed by atoms with van der Waals surface area (Å²) in [4.78, 5) is 0. The smallest absolute Gasteiger partial charge is 0.0569 e. The van der Waals surface area contributed by atoms with Crippen LogP contribution >= 0.6 is 0 Å². The number of hydrogen-bond donors (Lipinski definition) is 2. The van der Waals surface area contributed by atoms with Gasteiger partial charge in [-0.2, -0.15) is 0 Å². The maximum atomic E-state index is 5.68. The maximum absolute atomic E-state index is 5.68. The lowest BCUT2D eigenvalue weighted by molar-refractivity contribution is -0.106. The van der Waals surface area contributed by atoms with Gasteiger partial charge in [0.2, 0.25) is 0 Å². The van der Waals surface area contributed by atoms with Gasteiger partial charge in [0.25, 0.3) is 0 Å². The zero-order valence-electron chi connectivity index (χ0n) is 8.31. The van der Waals surface area contributed by atoms with Crippen molar-refractivity contribution >= 4 is 0 Å². The van der Waals surface area contributed by atoms with Gasteiger partial charge in [-0.25, -0.2) is 0 Å². The maximum Gasteiger partial charge on any atom is 0.0569 e. The monoisotopic (exact) mass is 172 g/mol. The van der Waals surface area contributed by atoms with Crippen LogP contribution in [0.4, 0.5) is 0 Å². The number of ether oxygens (including phenoxy) is 1. The molecule has 1 aliphatic rings. The van der Waals surface area contributed by atoms with E-state index in [0.29, 0.717) is 0 Å². The molecule has 0 atom stereocenters. The highest BCUT2D eigenvalue weighted by molar-refractivity contribution is 4.90. The first-order valence-corrected chi connectivity index (χ1v) is 4.50. The molecule has 12 heavy (non-hydrogen) atoms. The van der Waals surface area contributed by atoms with Gasteiger partial charge in [-0.15, -0.1) is 0 Å². The molecule has 0 aromatic rings. The zero-order valence-corrected chi connectivity index (χ0v) is 8.31. The summed E-state index contributed by atoms with van der Waals surface area (Å²) >= 11 is 0. The Labute approximate surface area is 74.7 Å². The van der Waals surface area contributed by atoms with Gasteiger partial charge in [0.1, 0.15) is 0 Å². The number of rotatable bonds is 3. The van der Waals surface area contributed by atoms with Crippen molar-refractivity contribution in [3.05, 3.63) is 0 Å². The summed E-state index contributed by atoms with van der Waals surface area (Å²) in [6.07, 6.45) is 0. The molecule has 0 amide bonds. The van der Waals surface area contributed by atoms with Crippen LogP contribution < -0.4 is 11.1 Å². The summed E-state index contributed by atoms with van der Waals surface area (Å²) < 4.78 is 5.17. The molecule has 0 unspecified atom stereocenters. The Balaban J connectivity index is 2.30. The second-order valence-corrected chi connectivity index (χ2v) is 4.80. The molecule has 72 valence electrons. The topological polar surface area (TPSA) is 47.3 Å². The Kier molecular flexibility index (Phi) is 2.76. The van der Waals surface area contributed by atoms with E-state index in [1.807, 2.05) is 0 Å². The first kappa shape index (κ1) is 9.96. The molecule has 0 saturated carbocycles. The third-order valence-electron chi connectivity index (χ3n) is 2.24. The van der Waals surface area contributed by atoms with Crippen LogP contribution in [0.15, 0.2) is 0 Å². The summed E-state index contributed by atoms with van der Waals surface area (Å²) in [7, 11) is 0. The average molecular weight is 172 g/mol.